The number of hydrogen-bond donors (Lipinski definition) is 0. The second-order valence-electron chi connectivity index (χ2n) is 1.84. The predicted octanol–water partition coefficient (Wildman–Crippen LogP) is 1.85. The monoisotopic (exact) mass is 185 g/mol. The van der Waals surface area contributed by atoms with Crippen molar-refractivity contribution in [2.75, 3.05) is 5.75 Å². The van der Waals surface area contributed by atoms with Crippen LogP contribution in [0.3, 0.4) is 0 Å². The molecule has 0 bridgehead atoms. The van der Waals surface area contributed by atoms with Crippen LogP contribution in [0.1, 0.15) is 11.4 Å². The SMILES string of the molecule is Cc1nnc(SCCC#N)s1. The third-order valence-electron chi connectivity index (χ3n) is 0.947. The highest BCUT2D eigenvalue weighted by Crippen LogP contribution is 2.21. The van der Waals surface area contributed by atoms with Crippen LogP contribution >= 0.6 is 23.1 Å². The highest BCUT2D eigenvalue weighted by Gasteiger charge is 1.99. The van der Waals surface area contributed by atoms with Crippen LogP contribution in [0.2, 0.25) is 0 Å². The molecule has 0 saturated carbocycles. The van der Waals surface area contributed by atoms with E-state index in [0.717, 1.165) is 15.1 Å². The Morgan fingerprint density at radius 1 is 1.64 bits per heavy atom. The van der Waals surface area contributed by atoms with Gasteiger partial charge < -0.3 is 0 Å². The third kappa shape index (κ3) is 2.87. The van der Waals surface area contributed by atoms with Gasteiger partial charge in [-0.3, -0.25) is 0 Å². The average molecular weight is 185 g/mol. The molecule has 3 nitrogen and oxygen atoms in total. The Kier molecular flexibility index (Phi) is 3.33. The minimum absolute atomic E-state index is 0.573. The third-order valence-corrected chi connectivity index (χ3v) is 2.92. The van der Waals surface area contributed by atoms with Gasteiger partial charge in [-0.15, -0.1) is 10.2 Å². The number of thioether (sulfide) groups is 1. The maximum Gasteiger partial charge on any atom is 0.174 e. The van der Waals surface area contributed by atoms with E-state index in [9.17, 15) is 0 Å². The lowest BCUT2D eigenvalue weighted by Crippen LogP contribution is -1.75. The molecule has 0 radical (unpaired) electrons. The zero-order valence-electron chi connectivity index (χ0n) is 6.07. The van der Waals surface area contributed by atoms with Gasteiger partial charge in [-0.1, -0.05) is 23.1 Å². The van der Waals surface area contributed by atoms with Crippen molar-refractivity contribution in [1.29, 1.82) is 5.26 Å². The summed E-state index contributed by atoms with van der Waals surface area (Å²) in [4.78, 5) is 0. The van der Waals surface area contributed by atoms with Gasteiger partial charge in [-0.2, -0.15) is 5.26 Å². The standard InChI is InChI=1S/C6H7N3S2/c1-5-8-9-6(11-5)10-4-2-3-7/h2,4H2,1H3. The van der Waals surface area contributed by atoms with E-state index in [1.165, 1.54) is 0 Å². The zero-order chi connectivity index (χ0) is 8.10. The van der Waals surface area contributed by atoms with Crippen LogP contribution in [-0.2, 0) is 0 Å². The fourth-order valence-electron chi connectivity index (χ4n) is 0.521. The summed E-state index contributed by atoms with van der Waals surface area (Å²) in [5, 5.41) is 17.0. The number of hydrogen-bond acceptors (Lipinski definition) is 5. The van der Waals surface area contributed by atoms with Crippen molar-refractivity contribution in [2.45, 2.75) is 17.7 Å². The highest BCUT2D eigenvalue weighted by atomic mass is 32.2. The van der Waals surface area contributed by atoms with Gasteiger partial charge in [0.1, 0.15) is 5.01 Å². The number of nitrogens with zero attached hydrogens (tertiary/aromatic N) is 3. The number of rotatable bonds is 3. The first-order valence-electron chi connectivity index (χ1n) is 3.13. The molecule has 0 saturated heterocycles. The molecule has 58 valence electrons. The predicted molar refractivity (Wildman–Crippen MR) is 45.6 cm³/mol. The summed E-state index contributed by atoms with van der Waals surface area (Å²) < 4.78 is 0.956. The quantitative estimate of drug-likeness (QED) is 0.532. The van der Waals surface area contributed by atoms with E-state index < -0.39 is 0 Å². The molecular formula is C6H7N3S2. The molecule has 0 aromatic carbocycles. The van der Waals surface area contributed by atoms with E-state index >= 15 is 0 Å². The first-order chi connectivity index (χ1) is 5.33. The van der Waals surface area contributed by atoms with Crippen molar-refractivity contribution in [1.82, 2.24) is 10.2 Å². The molecule has 0 N–H and O–H groups in total. The normalized spacial score (nSPS) is 9.45. The Hall–Kier alpha value is -0.600. The molecular weight excluding hydrogens is 178 g/mol. The molecule has 1 heterocycles. The fraction of sp³-hybridized carbons (Fsp3) is 0.500. The smallest absolute Gasteiger partial charge is 0.174 e. The molecule has 0 aliphatic carbocycles. The first kappa shape index (κ1) is 8.50. The Labute approximate surface area is 73.5 Å². The summed E-state index contributed by atoms with van der Waals surface area (Å²) in [7, 11) is 0. The van der Waals surface area contributed by atoms with Crippen LogP contribution < -0.4 is 0 Å². The molecule has 0 atom stereocenters. The van der Waals surface area contributed by atoms with E-state index in [2.05, 4.69) is 16.3 Å². The van der Waals surface area contributed by atoms with Crippen LogP contribution in [0.15, 0.2) is 4.34 Å². The average Bonchev–Trinajstić information content (AvgIpc) is 2.37. The van der Waals surface area contributed by atoms with E-state index in [4.69, 9.17) is 5.26 Å². The van der Waals surface area contributed by atoms with E-state index in [1.54, 1.807) is 23.1 Å². The van der Waals surface area contributed by atoms with Gasteiger partial charge in [-0.05, 0) is 6.92 Å². The second-order valence-corrected chi connectivity index (χ2v) is 4.37. The van der Waals surface area contributed by atoms with E-state index in [-0.39, 0.29) is 0 Å². The van der Waals surface area contributed by atoms with Crippen molar-refractivity contribution in [3.8, 4) is 6.07 Å². The maximum absolute atomic E-state index is 8.25. The van der Waals surface area contributed by atoms with Gasteiger partial charge >= 0.3 is 0 Å². The zero-order valence-corrected chi connectivity index (χ0v) is 7.71. The second kappa shape index (κ2) is 4.31. The lowest BCUT2D eigenvalue weighted by molar-refractivity contribution is 0.983. The topological polar surface area (TPSA) is 49.6 Å². The summed E-state index contributed by atoms with van der Waals surface area (Å²) >= 11 is 3.16. The first-order valence-corrected chi connectivity index (χ1v) is 4.93. The molecule has 11 heavy (non-hydrogen) atoms. The Morgan fingerprint density at radius 2 is 2.45 bits per heavy atom. The maximum atomic E-state index is 8.25. The van der Waals surface area contributed by atoms with Crippen LogP contribution in [0.25, 0.3) is 0 Å². The fourth-order valence-corrected chi connectivity index (χ4v) is 2.25. The number of nitriles is 1. The van der Waals surface area contributed by atoms with Gasteiger partial charge in [0.25, 0.3) is 0 Å². The molecule has 1 aromatic heterocycles. The van der Waals surface area contributed by atoms with Crippen LogP contribution in [0.5, 0.6) is 0 Å². The number of aryl methyl sites for hydroxylation is 1. The van der Waals surface area contributed by atoms with Gasteiger partial charge in [0.15, 0.2) is 4.34 Å². The molecule has 0 aliphatic heterocycles. The minimum atomic E-state index is 0.573. The molecule has 0 aliphatic rings. The number of aromatic nitrogens is 2. The molecule has 1 rings (SSSR count). The molecule has 0 unspecified atom stereocenters. The molecule has 0 amide bonds. The van der Waals surface area contributed by atoms with E-state index in [0.29, 0.717) is 6.42 Å². The molecule has 0 spiro atoms. The van der Waals surface area contributed by atoms with Gasteiger partial charge in [0.2, 0.25) is 0 Å². The Balaban J connectivity index is 2.34. The summed E-state index contributed by atoms with van der Waals surface area (Å²) in [6, 6.07) is 2.08. The van der Waals surface area contributed by atoms with E-state index in [1.807, 2.05) is 6.92 Å². The Bertz CT molecular complexity index is 263. The minimum Gasteiger partial charge on any atom is -0.198 e. The van der Waals surface area contributed by atoms with Gasteiger partial charge in [-0.25, -0.2) is 0 Å². The summed E-state index contributed by atoms with van der Waals surface area (Å²) in [5.41, 5.74) is 0. The van der Waals surface area contributed by atoms with Crippen LogP contribution in [0, 0.1) is 18.3 Å². The van der Waals surface area contributed by atoms with Crippen molar-refractivity contribution in [2.24, 2.45) is 0 Å². The van der Waals surface area contributed by atoms with Crippen molar-refractivity contribution in [3.05, 3.63) is 5.01 Å². The lowest BCUT2D eigenvalue weighted by Gasteiger charge is -1.86. The molecule has 0 fully saturated rings. The van der Waals surface area contributed by atoms with Crippen molar-refractivity contribution in [3.63, 3.8) is 0 Å². The summed E-state index contributed by atoms with van der Waals surface area (Å²) in [6.07, 6.45) is 0.573. The summed E-state index contributed by atoms with van der Waals surface area (Å²) in [5.74, 6) is 0.811. The lowest BCUT2D eigenvalue weighted by atomic mass is 10.6. The van der Waals surface area contributed by atoms with Crippen molar-refractivity contribution >= 4 is 23.1 Å². The van der Waals surface area contributed by atoms with Gasteiger partial charge in [0.05, 0.1) is 6.07 Å². The molecule has 1 aromatic rings. The van der Waals surface area contributed by atoms with Gasteiger partial charge in [0, 0.05) is 12.2 Å². The largest absolute Gasteiger partial charge is 0.198 e. The summed E-state index contributed by atoms with van der Waals surface area (Å²) in [6.45, 7) is 1.92. The Morgan fingerprint density at radius 3 is 3.00 bits per heavy atom. The van der Waals surface area contributed by atoms with Crippen molar-refractivity contribution < 1.29 is 0 Å². The van der Waals surface area contributed by atoms with Crippen LogP contribution in [-0.4, -0.2) is 16.0 Å². The molecule has 5 heteroatoms. The van der Waals surface area contributed by atoms with Crippen LogP contribution in [0.4, 0.5) is 0 Å². The highest BCUT2D eigenvalue weighted by molar-refractivity contribution is 8.01.